The summed E-state index contributed by atoms with van der Waals surface area (Å²) in [4.78, 5) is 51.2. The van der Waals surface area contributed by atoms with Gasteiger partial charge in [0.05, 0.1) is 6.61 Å². The van der Waals surface area contributed by atoms with Crippen molar-refractivity contribution in [3.8, 4) is 0 Å². The Morgan fingerprint density at radius 1 is 0.427 bits per heavy atom. The number of ether oxygens (including phenoxy) is 5. The molecule has 1 saturated heterocycles. The number of aliphatic hydroxyl groups excluding tert-OH is 2. The number of unbranched alkanes of at least 4 members (excludes halogenated alkanes) is 36. The topological polar surface area (TPSA) is 175 Å². The lowest BCUT2D eigenvalue weighted by Gasteiger charge is -2.40. The fourth-order valence-corrected chi connectivity index (χ4v) is 9.65. The molecular formula is C63H114O12. The molecule has 12 heteroatoms. The van der Waals surface area contributed by atoms with Gasteiger partial charge in [-0.05, 0) is 70.6 Å². The van der Waals surface area contributed by atoms with Gasteiger partial charge in [0.15, 0.2) is 24.6 Å². The molecule has 6 unspecified atom stereocenters. The summed E-state index contributed by atoms with van der Waals surface area (Å²) in [7, 11) is 0. The van der Waals surface area contributed by atoms with Crippen molar-refractivity contribution in [2.45, 2.75) is 340 Å². The molecule has 0 spiro atoms. The van der Waals surface area contributed by atoms with Crippen LogP contribution < -0.4 is 0 Å². The van der Waals surface area contributed by atoms with Crippen LogP contribution in [-0.2, 0) is 42.9 Å². The second kappa shape index (κ2) is 51.9. The first-order valence-corrected chi connectivity index (χ1v) is 31.3. The number of carbonyl (C=O) groups excluding carboxylic acids is 3. The Morgan fingerprint density at radius 3 is 1.13 bits per heavy atom. The Balaban J connectivity index is 2.66. The van der Waals surface area contributed by atoms with Crippen LogP contribution >= 0.6 is 0 Å². The van der Waals surface area contributed by atoms with Crippen LogP contribution in [0.25, 0.3) is 0 Å². The zero-order chi connectivity index (χ0) is 54.7. The van der Waals surface area contributed by atoms with Crippen molar-refractivity contribution in [3.63, 3.8) is 0 Å². The quantitative estimate of drug-likeness (QED) is 0.0228. The van der Waals surface area contributed by atoms with Crippen molar-refractivity contribution in [3.05, 3.63) is 24.3 Å². The number of aliphatic hydroxyl groups is 2. The molecule has 0 amide bonds. The van der Waals surface area contributed by atoms with Gasteiger partial charge in [0, 0.05) is 19.3 Å². The monoisotopic (exact) mass is 1060 g/mol. The molecule has 1 fully saturated rings. The number of rotatable bonds is 54. The highest BCUT2D eigenvalue weighted by Gasteiger charge is 2.50. The predicted molar refractivity (Wildman–Crippen MR) is 303 cm³/mol. The second-order valence-electron chi connectivity index (χ2n) is 21.7. The molecule has 0 bridgehead atoms. The van der Waals surface area contributed by atoms with Crippen LogP contribution in [-0.4, -0.2) is 89.2 Å². The van der Waals surface area contributed by atoms with Gasteiger partial charge in [-0.1, -0.05) is 238 Å². The van der Waals surface area contributed by atoms with Crippen molar-refractivity contribution < 1.29 is 58.2 Å². The van der Waals surface area contributed by atoms with E-state index in [9.17, 15) is 34.5 Å². The van der Waals surface area contributed by atoms with Gasteiger partial charge in [0.1, 0.15) is 18.8 Å². The van der Waals surface area contributed by atoms with Gasteiger partial charge in [0.25, 0.3) is 0 Å². The second-order valence-corrected chi connectivity index (χ2v) is 21.7. The van der Waals surface area contributed by atoms with Crippen molar-refractivity contribution in [1.82, 2.24) is 0 Å². The van der Waals surface area contributed by atoms with E-state index in [1.165, 1.54) is 161 Å². The number of hydrogen-bond donors (Lipinski definition) is 3. The SMILES string of the molecule is CCCCCCCC/C=C\CCCCCCCCCC(=O)OCC(COC1OC(C(=O)O)C(O)C(O)C1OC(=O)CCCCCCC/C=C\CCCCCCCC)OC(=O)CCCCCCCCCCCCCCC. The minimum Gasteiger partial charge on any atom is -0.479 e. The van der Waals surface area contributed by atoms with E-state index in [1.54, 1.807) is 0 Å². The van der Waals surface area contributed by atoms with Crippen LogP contribution in [0.15, 0.2) is 24.3 Å². The molecule has 1 rings (SSSR count). The van der Waals surface area contributed by atoms with E-state index in [2.05, 4.69) is 45.1 Å². The van der Waals surface area contributed by atoms with Gasteiger partial charge in [-0.15, -0.1) is 0 Å². The van der Waals surface area contributed by atoms with E-state index in [1.807, 2.05) is 0 Å². The molecule has 3 N–H and O–H groups in total. The normalized spacial score (nSPS) is 18.2. The maximum absolute atomic E-state index is 13.1. The Labute approximate surface area is 458 Å². The predicted octanol–water partition coefficient (Wildman–Crippen LogP) is 16.2. The molecule has 0 aromatic carbocycles. The van der Waals surface area contributed by atoms with E-state index in [-0.39, 0.29) is 25.9 Å². The average Bonchev–Trinajstić information content (AvgIpc) is 3.39. The van der Waals surface area contributed by atoms with Gasteiger partial charge >= 0.3 is 23.9 Å². The molecule has 0 aromatic heterocycles. The molecule has 1 aliphatic rings. The maximum atomic E-state index is 13.1. The van der Waals surface area contributed by atoms with E-state index in [0.717, 1.165) is 83.5 Å². The van der Waals surface area contributed by atoms with Crippen LogP contribution in [0, 0.1) is 0 Å². The zero-order valence-electron chi connectivity index (χ0n) is 48.3. The highest BCUT2D eigenvalue weighted by molar-refractivity contribution is 5.74. The molecule has 0 radical (unpaired) electrons. The third-order valence-electron chi connectivity index (χ3n) is 14.5. The first-order chi connectivity index (χ1) is 36.6. The third-order valence-corrected chi connectivity index (χ3v) is 14.5. The molecule has 0 aliphatic carbocycles. The minimum absolute atomic E-state index is 0.0548. The van der Waals surface area contributed by atoms with Crippen LogP contribution in [0.3, 0.4) is 0 Å². The highest BCUT2D eigenvalue weighted by Crippen LogP contribution is 2.27. The fourth-order valence-electron chi connectivity index (χ4n) is 9.65. The third kappa shape index (κ3) is 41.9. The summed E-state index contributed by atoms with van der Waals surface area (Å²) in [5.41, 5.74) is 0. The molecule has 1 aliphatic heterocycles. The summed E-state index contributed by atoms with van der Waals surface area (Å²) >= 11 is 0. The van der Waals surface area contributed by atoms with Crippen molar-refractivity contribution in [1.29, 1.82) is 0 Å². The lowest BCUT2D eigenvalue weighted by molar-refractivity contribution is -0.301. The van der Waals surface area contributed by atoms with Gasteiger partial charge in [-0.2, -0.15) is 0 Å². The van der Waals surface area contributed by atoms with Gasteiger partial charge in [-0.25, -0.2) is 4.79 Å². The van der Waals surface area contributed by atoms with Crippen LogP contribution in [0.5, 0.6) is 0 Å². The number of aliphatic carboxylic acids is 1. The van der Waals surface area contributed by atoms with E-state index < -0.39 is 67.3 Å². The first kappa shape index (κ1) is 70.2. The van der Waals surface area contributed by atoms with Crippen LogP contribution in [0.1, 0.15) is 303 Å². The summed E-state index contributed by atoms with van der Waals surface area (Å²) in [6, 6.07) is 0. The standard InChI is InChI=1S/C63H114O12/c1-4-7-10-13-16-19-22-25-27-28-30-32-34-37-40-43-46-49-55(64)71-52-54(73-56(65)50-47-44-41-38-35-31-24-21-18-15-12-9-6-3)53-72-63-61(59(68)58(67)60(75-63)62(69)70)74-57(66)51-48-45-42-39-36-33-29-26-23-20-17-14-11-8-5-2/h25-27,29,54,58-61,63,67-68H,4-24,28,30-53H2,1-3H3,(H,69,70)/b27-25-,29-26-. The van der Waals surface area contributed by atoms with Crippen LogP contribution in [0.4, 0.5) is 0 Å². The Bertz CT molecular complexity index is 1400. The molecular weight excluding hydrogens is 949 g/mol. The molecule has 12 nitrogen and oxygen atoms in total. The summed E-state index contributed by atoms with van der Waals surface area (Å²) < 4.78 is 28.5. The number of allylic oxidation sites excluding steroid dienone is 4. The smallest absolute Gasteiger partial charge is 0.335 e. The number of hydrogen-bond acceptors (Lipinski definition) is 11. The van der Waals surface area contributed by atoms with E-state index in [0.29, 0.717) is 19.3 Å². The number of carbonyl (C=O) groups is 4. The molecule has 1 heterocycles. The van der Waals surface area contributed by atoms with Crippen molar-refractivity contribution in [2.75, 3.05) is 13.2 Å². The van der Waals surface area contributed by atoms with Crippen LogP contribution in [0.2, 0.25) is 0 Å². The van der Waals surface area contributed by atoms with Gasteiger partial charge < -0.3 is 39.0 Å². The number of carboxylic acids is 1. The maximum Gasteiger partial charge on any atom is 0.335 e. The zero-order valence-corrected chi connectivity index (χ0v) is 48.3. The van der Waals surface area contributed by atoms with Gasteiger partial charge in [0.2, 0.25) is 0 Å². The molecule has 438 valence electrons. The fraction of sp³-hybridized carbons (Fsp3) is 0.873. The van der Waals surface area contributed by atoms with Crippen molar-refractivity contribution >= 4 is 23.9 Å². The summed E-state index contributed by atoms with van der Waals surface area (Å²) in [5.74, 6) is -3.10. The summed E-state index contributed by atoms with van der Waals surface area (Å²) in [6.07, 6.45) is 47.1. The van der Waals surface area contributed by atoms with E-state index in [4.69, 9.17) is 23.7 Å². The molecule has 0 saturated carbocycles. The molecule has 75 heavy (non-hydrogen) atoms. The Kier molecular flexibility index (Phi) is 48.6. The Hall–Kier alpha value is -2.80. The largest absolute Gasteiger partial charge is 0.479 e. The van der Waals surface area contributed by atoms with Gasteiger partial charge in [-0.3, -0.25) is 14.4 Å². The highest BCUT2D eigenvalue weighted by atomic mass is 16.7. The molecule has 0 aromatic rings. The molecule has 6 atom stereocenters. The number of carboxylic acid groups (broad SMARTS) is 1. The lowest BCUT2D eigenvalue weighted by Crippen LogP contribution is -2.61. The minimum atomic E-state index is -1.90. The summed E-state index contributed by atoms with van der Waals surface area (Å²) in [6.45, 7) is 6.01. The number of esters is 3. The Morgan fingerprint density at radius 2 is 0.760 bits per heavy atom. The lowest BCUT2D eigenvalue weighted by atomic mass is 9.98. The van der Waals surface area contributed by atoms with Crippen molar-refractivity contribution in [2.24, 2.45) is 0 Å². The average molecular weight is 1060 g/mol. The first-order valence-electron chi connectivity index (χ1n) is 31.3. The van der Waals surface area contributed by atoms with E-state index >= 15 is 0 Å². The summed E-state index contributed by atoms with van der Waals surface area (Å²) in [5, 5.41) is 31.5.